The van der Waals surface area contributed by atoms with Gasteiger partial charge in [0.1, 0.15) is 29.1 Å². The van der Waals surface area contributed by atoms with Crippen molar-refractivity contribution in [3.63, 3.8) is 0 Å². The summed E-state index contributed by atoms with van der Waals surface area (Å²) in [4.78, 5) is 15.0. The largest absolute Gasteiger partial charge is 0.508 e. The molecule has 12 heteroatoms. The van der Waals surface area contributed by atoms with Crippen LogP contribution in [0.15, 0.2) is 58.9 Å². The first-order chi connectivity index (χ1) is 16.0. The zero-order valence-electron chi connectivity index (χ0n) is 19.3. The van der Waals surface area contributed by atoms with Crippen molar-refractivity contribution in [2.75, 3.05) is 37.8 Å². The molecular formula is C22H30N8O3S. The van der Waals surface area contributed by atoms with E-state index in [1.165, 1.54) is 10.6 Å². The van der Waals surface area contributed by atoms with E-state index in [-0.39, 0.29) is 17.4 Å². The third-order valence-electron chi connectivity index (χ3n) is 5.12. The number of phenolic OH excluding ortho intramolecular Hbond substituents is 1. The molecule has 0 spiro atoms. The molecule has 1 aromatic carbocycles. The number of nitrogens with two attached hydrogens (primary N) is 2. The molecular weight excluding hydrogens is 456 g/mol. The van der Waals surface area contributed by atoms with Gasteiger partial charge in [-0.3, -0.25) is 4.90 Å². The van der Waals surface area contributed by atoms with Crippen LogP contribution in [-0.2, 0) is 16.6 Å². The summed E-state index contributed by atoms with van der Waals surface area (Å²) in [5.41, 5.74) is 13.9. The maximum atomic E-state index is 11.8. The molecule has 1 saturated heterocycles. The molecule has 0 bridgehead atoms. The molecule has 0 atom stereocenters. The van der Waals surface area contributed by atoms with Crippen molar-refractivity contribution >= 4 is 33.2 Å². The monoisotopic (exact) mass is 486 g/mol. The van der Waals surface area contributed by atoms with Gasteiger partial charge in [0.15, 0.2) is 0 Å². The summed E-state index contributed by atoms with van der Waals surface area (Å²) in [6, 6.07) is 8.52. The fourth-order valence-electron chi connectivity index (χ4n) is 3.55. The van der Waals surface area contributed by atoms with Crippen molar-refractivity contribution in [3.05, 3.63) is 60.1 Å². The summed E-state index contributed by atoms with van der Waals surface area (Å²) in [5, 5.41) is 12.9. The van der Waals surface area contributed by atoms with E-state index >= 15 is 0 Å². The molecule has 11 nitrogen and oxygen atoms in total. The van der Waals surface area contributed by atoms with Crippen LogP contribution in [0.3, 0.4) is 0 Å². The first-order valence-electron chi connectivity index (χ1n) is 10.6. The Morgan fingerprint density at radius 2 is 1.91 bits per heavy atom. The normalized spacial score (nSPS) is 16.4. The second kappa shape index (κ2) is 10.6. The Kier molecular flexibility index (Phi) is 7.87. The van der Waals surface area contributed by atoms with Gasteiger partial charge in [0, 0.05) is 50.7 Å². The number of piperazine rings is 1. The summed E-state index contributed by atoms with van der Waals surface area (Å²) in [7, 11) is -3.19. The van der Waals surface area contributed by atoms with Crippen LogP contribution in [0.25, 0.3) is 0 Å². The van der Waals surface area contributed by atoms with Crippen LogP contribution in [0.5, 0.6) is 5.75 Å². The molecule has 0 radical (unpaired) electrons. The van der Waals surface area contributed by atoms with E-state index in [9.17, 15) is 13.5 Å². The van der Waals surface area contributed by atoms with Crippen LogP contribution in [-0.4, -0.2) is 71.8 Å². The van der Waals surface area contributed by atoms with E-state index in [1.807, 2.05) is 6.07 Å². The van der Waals surface area contributed by atoms with E-state index in [0.29, 0.717) is 55.6 Å². The van der Waals surface area contributed by atoms with Crippen molar-refractivity contribution in [1.29, 1.82) is 0 Å². The van der Waals surface area contributed by atoms with Gasteiger partial charge in [-0.1, -0.05) is 12.6 Å². The van der Waals surface area contributed by atoms with Crippen LogP contribution in [0.1, 0.15) is 18.1 Å². The number of benzene rings is 1. The third kappa shape index (κ3) is 7.01. The number of pyridine rings is 1. The molecule has 182 valence electrons. The van der Waals surface area contributed by atoms with Gasteiger partial charge in [0.25, 0.3) is 0 Å². The van der Waals surface area contributed by atoms with Crippen LogP contribution in [0.4, 0.5) is 11.5 Å². The Morgan fingerprint density at radius 1 is 1.21 bits per heavy atom. The van der Waals surface area contributed by atoms with E-state index in [2.05, 4.69) is 31.8 Å². The van der Waals surface area contributed by atoms with Gasteiger partial charge in [0.05, 0.1) is 11.8 Å². The number of hydrogen-bond acceptors (Lipinski definition) is 8. The van der Waals surface area contributed by atoms with Crippen LogP contribution < -0.4 is 16.8 Å². The number of hydrogen-bond donors (Lipinski definition) is 4. The Morgan fingerprint density at radius 3 is 2.53 bits per heavy atom. The number of aliphatic imine (C=N–C) groups is 2. The van der Waals surface area contributed by atoms with Gasteiger partial charge in [-0.2, -0.15) is 4.31 Å². The molecule has 0 unspecified atom stereocenters. The fraction of sp³-hybridized carbons (Fsp3) is 0.318. The smallest absolute Gasteiger partial charge is 0.211 e. The number of nitrogens with zero attached hydrogens (tertiary/aromatic N) is 5. The van der Waals surface area contributed by atoms with Gasteiger partial charge >= 0.3 is 0 Å². The molecule has 34 heavy (non-hydrogen) atoms. The quantitative estimate of drug-likeness (QED) is 0.335. The Labute approximate surface area is 199 Å². The molecule has 3 rings (SSSR count). The lowest BCUT2D eigenvalue weighted by atomic mass is 10.1. The SMILES string of the molecule is C=C(N)N=C(C)N=C(N)c1cc(CN2CCN(S(C)(=O)=O)CC2)cnc1Nc1cccc(O)c1. The summed E-state index contributed by atoms with van der Waals surface area (Å²) in [6.45, 7) is 7.88. The Balaban J connectivity index is 1.87. The van der Waals surface area contributed by atoms with Crippen molar-refractivity contribution in [3.8, 4) is 5.75 Å². The molecule has 2 heterocycles. The maximum Gasteiger partial charge on any atom is 0.211 e. The number of aromatic hydroxyl groups is 1. The topological polar surface area (TPSA) is 163 Å². The minimum absolute atomic E-state index is 0.113. The summed E-state index contributed by atoms with van der Waals surface area (Å²) in [6.07, 6.45) is 2.96. The molecule has 1 aliphatic rings. The first-order valence-corrected chi connectivity index (χ1v) is 12.4. The minimum Gasteiger partial charge on any atom is -0.508 e. The summed E-state index contributed by atoms with van der Waals surface area (Å²) < 4.78 is 25.0. The van der Waals surface area contributed by atoms with Gasteiger partial charge in [-0.15, -0.1) is 0 Å². The minimum atomic E-state index is -3.19. The van der Waals surface area contributed by atoms with Gasteiger partial charge in [-0.05, 0) is 30.7 Å². The highest BCUT2D eigenvalue weighted by Gasteiger charge is 2.23. The molecule has 1 aliphatic heterocycles. The van der Waals surface area contributed by atoms with Crippen LogP contribution in [0.2, 0.25) is 0 Å². The van der Waals surface area contributed by atoms with Crippen molar-refractivity contribution in [2.45, 2.75) is 13.5 Å². The zero-order valence-corrected chi connectivity index (χ0v) is 20.1. The Hall–Kier alpha value is -3.48. The lowest BCUT2D eigenvalue weighted by Gasteiger charge is -2.33. The van der Waals surface area contributed by atoms with Crippen LogP contribution >= 0.6 is 0 Å². The average molecular weight is 487 g/mol. The van der Waals surface area contributed by atoms with E-state index in [4.69, 9.17) is 11.5 Å². The molecule has 1 aromatic heterocycles. The molecule has 0 saturated carbocycles. The molecule has 0 amide bonds. The predicted molar refractivity (Wildman–Crippen MR) is 134 cm³/mol. The van der Waals surface area contributed by atoms with Gasteiger partial charge < -0.3 is 21.9 Å². The van der Waals surface area contributed by atoms with Crippen LogP contribution in [0, 0.1) is 0 Å². The van der Waals surface area contributed by atoms with Crippen molar-refractivity contribution in [1.82, 2.24) is 14.2 Å². The number of phenols is 1. The lowest BCUT2D eigenvalue weighted by molar-refractivity contribution is 0.182. The van der Waals surface area contributed by atoms with E-state index < -0.39 is 10.0 Å². The van der Waals surface area contributed by atoms with E-state index in [1.54, 1.807) is 37.4 Å². The summed E-state index contributed by atoms with van der Waals surface area (Å²) >= 11 is 0. The number of rotatable bonds is 7. The first kappa shape index (κ1) is 25.1. The Bertz CT molecular complexity index is 1220. The van der Waals surface area contributed by atoms with Gasteiger partial charge in [-0.25, -0.2) is 23.4 Å². The highest BCUT2D eigenvalue weighted by Crippen LogP contribution is 2.23. The number of amidine groups is 2. The number of aromatic nitrogens is 1. The second-order valence-corrected chi connectivity index (χ2v) is 9.98. The number of sulfonamides is 1. The number of nitrogens with one attached hydrogen (secondary N) is 1. The molecule has 6 N–H and O–H groups in total. The summed E-state index contributed by atoms with van der Waals surface area (Å²) in [5.74, 6) is 1.21. The highest BCUT2D eigenvalue weighted by molar-refractivity contribution is 7.88. The second-order valence-electron chi connectivity index (χ2n) is 8.00. The predicted octanol–water partition coefficient (Wildman–Crippen LogP) is 1.16. The fourth-order valence-corrected chi connectivity index (χ4v) is 4.38. The molecule has 2 aromatic rings. The standard InChI is InChI=1S/C22H30N8O3S/c1-15(23)26-16(2)27-21(24)20-11-17(14-29-7-9-30(10-8-29)34(3,32)33)13-25-22(20)28-18-5-4-6-19(31)12-18/h4-6,11-13,31H,1,7-10,14,23H2,2-3H3,(H,25,28)(H2,24,26,27). The molecule has 0 aliphatic carbocycles. The maximum absolute atomic E-state index is 11.8. The lowest BCUT2D eigenvalue weighted by Crippen LogP contribution is -2.47. The van der Waals surface area contributed by atoms with Crippen molar-refractivity contribution in [2.24, 2.45) is 21.5 Å². The third-order valence-corrected chi connectivity index (χ3v) is 6.43. The molecule has 1 fully saturated rings. The number of anilines is 2. The zero-order chi connectivity index (χ0) is 24.9. The van der Waals surface area contributed by atoms with E-state index in [0.717, 1.165) is 5.56 Å². The average Bonchev–Trinajstić information content (AvgIpc) is 2.74. The van der Waals surface area contributed by atoms with Gasteiger partial charge in [0.2, 0.25) is 10.0 Å². The highest BCUT2D eigenvalue weighted by atomic mass is 32.2. The van der Waals surface area contributed by atoms with Crippen molar-refractivity contribution < 1.29 is 13.5 Å².